The summed E-state index contributed by atoms with van der Waals surface area (Å²) in [6.45, 7) is 0. The molecule has 1 saturated carbocycles. The minimum Gasteiger partial charge on any atom is -0.481 e. The molecule has 1 rings (SSSR count). The second-order valence-corrected chi connectivity index (χ2v) is 2.32. The molecule has 0 aliphatic heterocycles. The Balaban J connectivity index is 0.000000640. The fourth-order valence-electron chi connectivity index (χ4n) is 1.17. The predicted octanol–water partition coefficient (Wildman–Crippen LogP) is 0.0773. The zero-order valence-corrected chi connectivity index (χ0v) is 4.76. The Bertz CT molecular complexity index is 97.2. The van der Waals surface area contributed by atoms with Crippen LogP contribution in [0.15, 0.2) is 0 Å². The maximum Gasteiger partial charge on any atom is 0.306 e. The first-order chi connectivity index (χ1) is 3.80. The molecule has 0 bridgehead atoms. The second kappa shape index (κ2) is 3.92. The predicted molar refractivity (Wildman–Crippen MR) is 39.5 cm³/mol. The molecule has 9 heavy (non-hydrogen) atoms. The molecule has 0 heterocycles. The van der Waals surface area contributed by atoms with Crippen molar-refractivity contribution in [1.29, 1.82) is 0 Å². The fraction of sp³-hybridized carbons (Fsp3) is 0.833. The molecule has 1 aliphatic carbocycles. The first-order valence-electron chi connectivity index (χ1n) is 3.03. The van der Waals surface area contributed by atoms with Crippen LogP contribution in [-0.2, 0) is 4.79 Å². The summed E-state index contributed by atoms with van der Waals surface area (Å²) in [5, 5.41) is 8.41. The van der Waals surface area contributed by atoms with Gasteiger partial charge in [-0.25, -0.2) is 0 Å². The van der Waals surface area contributed by atoms with Crippen molar-refractivity contribution in [3.05, 3.63) is 0 Å². The zero-order valence-electron chi connectivity index (χ0n) is 4.76. The Morgan fingerprint density at radius 2 is 1.78 bits per heavy atom. The summed E-state index contributed by atoms with van der Waals surface area (Å²) in [6, 6.07) is 0. The number of hydrogen-bond acceptors (Lipinski definition) is 1. The molecule has 0 aromatic carbocycles. The summed E-state index contributed by atoms with van der Waals surface area (Å²) < 4.78 is 0. The van der Waals surface area contributed by atoms with Gasteiger partial charge in [0.15, 0.2) is 17.4 Å². The Morgan fingerprint density at radius 1 is 1.33 bits per heavy atom. The summed E-state index contributed by atoms with van der Waals surface area (Å²) in [6.07, 6.45) is 4.01. The van der Waals surface area contributed by atoms with Gasteiger partial charge in [-0.1, -0.05) is 12.8 Å². The highest BCUT2D eigenvalue weighted by Crippen LogP contribution is 2.24. The monoisotopic (exact) mass is 144 g/mol. The third-order valence-electron chi connectivity index (χ3n) is 1.70. The highest BCUT2D eigenvalue weighted by atomic mass is 27.0. The van der Waals surface area contributed by atoms with Gasteiger partial charge in [0.05, 0.1) is 5.92 Å². The molecule has 1 aliphatic rings. The van der Waals surface area contributed by atoms with Crippen LogP contribution in [0.1, 0.15) is 25.7 Å². The zero-order chi connectivity index (χ0) is 5.98. The van der Waals surface area contributed by atoms with E-state index in [0.717, 1.165) is 25.7 Å². The molecule has 2 nitrogen and oxygen atoms in total. The lowest BCUT2D eigenvalue weighted by Crippen LogP contribution is -2.07. The molecule has 3 heteroatoms. The van der Waals surface area contributed by atoms with Crippen molar-refractivity contribution in [2.24, 2.45) is 5.92 Å². The molecule has 0 atom stereocenters. The molecular weight excluding hydrogens is 131 g/mol. The summed E-state index contributed by atoms with van der Waals surface area (Å²) in [7, 11) is 0. The third-order valence-corrected chi connectivity index (χ3v) is 1.70. The van der Waals surface area contributed by atoms with Gasteiger partial charge in [-0.3, -0.25) is 4.79 Å². The van der Waals surface area contributed by atoms with Crippen LogP contribution < -0.4 is 0 Å². The lowest BCUT2D eigenvalue weighted by molar-refractivity contribution is -0.141. The minimum atomic E-state index is -0.609. The minimum absolute atomic E-state index is 0. The van der Waals surface area contributed by atoms with Crippen LogP contribution in [0.25, 0.3) is 0 Å². The van der Waals surface area contributed by atoms with Gasteiger partial charge in [0.2, 0.25) is 0 Å². The first kappa shape index (κ1) is 9.00. The van der Waals surface area contributed by atoms with Crippen LogP contribution >= 0.6 is 0 Å². The Hall–Kier alpha value is 0.00247. The quantitative estimate of drug-likeness (QED) is 0.529. The van der Waals surface area contributed by atoms with Crippen LogP contribution in [0.2, 0.25) is 0 Å². The second-order valence-electron chi connectivity index (χ2n) is 2.32. The summed E-state index contributed by atoms with van der Waals surface area (Å²) in [4.78, 5) is 10.2. The van der Waals surface area contributed by atoms with E-state index in [1.807, 2.05) is 0 Å². The number of carboxylic acids is 1. The van der Waals surface area contributed by atoms with E-state index in [1.165, 1.54) is 0 Å². The fourth-order valence-corrected chi connectivity index (χ4v) is 1.17. The molecule has 0 saturated heterocycles. The molecule has 0 aromatic heterocycles. The number of aliphatic carboxylic acids is 1. The van der Waals surface area contributed by atoms with Crippen LogP contribution in [0.5, 0.6) is 0 Å². The average Bonchev–Trinajstić information content (AvgIpc) is 2.12. The Labute approximate surface area is 65.4 Å². The van der Waals surface area contributed by atoms with E-state index in [2.05, 4.69) is 0 Å². The Kier molecular flexibility index (Phi) is 3.92. The van der Waals surface area contributed by atoms with Gasteiger partial charge in [-0.2, -0.15) is 0 Å². The molecule has 0 radical (unpaired) electrons. The lowest BCUT2D eigenvalue weighted by atomic mass is 10.1. The van der Waals surface area contributed by atoms with Gasteiger partial charge >= 0.3 is 5.97 Å². The molecule has 0 unspecified atom stereocenters. The highest BCUT2D eigenvalue weighted by molar-refractivity contribution is 5.75. The maximum atomic E-state index is 10.2. The smallest absolute Gasteiger partial charge is 0.306 e. The summed E-state index contributed by atoms with van der Waals surface area (Å²) >= 11 is 0. The van der Waals surface area contributed by atoms with Crippen molar-refractivity contribution in [3.8, 4) is 0 Å². The van der Waals surface area contributed by atoms with E-state index in [1.54, 1.807) is 0 Å². The van der Waals surface area contributed by atoms with Crippen molar-refractivity contribution in [1.82, 2.24) is 0 Å². The van der Waals surface area contributed by atoms with E-state index in [0.29, 0.717) is 0 Å². The average molecular weight is 144 g/mol. The van der Waals surface area contributed by atoms with Gasteiger partial charge in [0, 0.05) is 0 Å². The number of carbonyl (C=O) groups is 1. The van der Waals surface area contributed by atoms with Crippen LogP contribution in [0.3, 0.4) is 0 Å². The molecule has 0 aromatic rings. The van der Waals surface area contributed by atoms with Gasteiger partial charge in [0.1, 0.15) is 0 Å². The molecule has 0 spiro atoms. The van der Waals surface area contributed by atoms with Crippen molar-refractivity contribution in [2.45, 2.75) is 25.7 Å². The molecule has 1 N–H and O–H groups in total. The van der Waals surface area contributed by atoms with Crippen molar-refractivity contribution in [3.63, 3.8) is 0 Å². The molecular formula is C6H13AlO2. The number of rotatable bonds is 1. The SMILES string of the molecule is O=C(O)C1CCCC1.[AlH3]. The lowest BCUT2D eigenvalue weighted by Gasteiger charge is -1.97. The topological polar surface area (TPSA) is 37.3 Å². The highest BCUT2D eigenvalue weighted by Gasteiger charge is 2.20. The molecule has 52 valence electrons. The largest absolute Gasteiger partial charge is 0.481 e. The third kappa shape index (κ3) is 2.38. The normalized spacial score (nSPS) is 19.1. The van der Waals surface area contributed by atoms with Crippen LogP contribution in [0, 0.1) is 5.92 Å². The van der Waals surface area contributed by atoms with E-state index in [9.17, 15) is 4.79 Å². The van der Waals surface area contributed by atoms with Crippen molar-refractivity contribution >= 4 is 23.3 Å². The maximum absolute atomic E-state index is 10.2. The van der Waals surface area contributed by atoms with Crippen molar-refractivity contribution in [2.75, 3.05) is 0 Å². The summed E-state index contributed by atoms with van der Waals surface area (Å²) in [5.74, 6) is -0.627. The number of hydrogen-bond donors (Lipinski definition) is 1. The van der Waals surface area contributed by atoms with E-state index in [-0.39, 0.29) is 23.3 Å². The molecule has 1 fully saturated rings. The van der Waals surface area contributed by atoms with Gasteiger partial charge in [-0.15, -0.1) is 0 Å². The summed E-state index contributed by atoms with van der Waals surface area (Å²) in [5.41, 5.74) is 0. The van der Waals surface area contributed by atoms with E-state index in [4.69, 9.17) is 5.11 Å². The first-order valence-corrected chi connectivity index (χ1v) is 3.03. The van der Waals surface area contributed by atoms with Crippen LogP contribution in [-0.4, -0.2) is 28.4 Å². The van der Waals surface area contributed by atoms with Gasteiger partial charge < -0.3 is 5.11 Å². The van der Waals surface area contributed by atoms with E-state index < -0.39 is 5.97 Å². The van der Waals surface area contributed by atoms with Gasteiger partial charge in [-0.05, 0) is 12.8 Å². The van der Waals surface area contributed by atoms with Crippen molar-refractivity contribution < 1.29 is 9.90 Å². The number of carboxylic acid groups (broad SMARTS) is 1. The Morgan fingerprint density at radius 3 is 2.00 bits per heavy atom. The van der Waals surface area contributed by atoms with Gasteiger partial charge in [0.25, 0.3) is 0 Å². The standard InChI is InChI=1S/C6H10O2.Al.3H/c7-6(8)5-3-1-2-4-5;;;;/h5H,1-4H2,(H,7,8);;;;. The van der Waals surface area contributed by atoms with E-state index >= 15 is 0 Å². The molecule has 0 amide bonds. The van der Waals surface area contributed by atoms with Crippen LogP contribution in [0.4, 0.5) is 0 Å².